The predicted octanol–water partition coefficient (Wildman–Crippen LogP) is 4.96. The Bertz CT molecular complexity index is 710. The third-order valence-electron chi connectivity index (χ3n) is 3.69. The Kier molecular flexibility index (Phi) is 5.19. The molecule has 0 N–H and O–H groups in total. The van der Waals surface area contributed by atoms with Crippen LogP contribution in [-0.2, 0) is 13.0 Å². The Balaban J connectivity index is 2.32. The number of carbonyl (C=O) groups excluding carboxylic acids is 1. The molecule has 116 valence electrons. The van der Waals surface area contributed by atoms with E-state index in [1.807, 2.05) is 19.9 Å². The van der Waals surface area contributed by atoms with Gasteiger partial charge in [0.2, 0.25) is 0 Å². The Labute approximate surface area is 134 Å². The van der Waals surface area contributed by atoms with Crippen molar-refractivity contribution >= 4 is 16.8 Å². The van der Waals surface area contributed by atoms with E-state index in [-0.39, 0.29) is 12.4 Å². The van der Waals surface area contributed by atoms with Crippen molar-refractivity contribution in [3.8, 4) is 5.75 Å². The van der Waals surface area contributed by atoms with E-state index in [0.29, 0.717) is 16.9 Å². The van der Waals surface area contributed by atoms with Crippen LogP contribution in [0.3, 0.4) is 0 Å². The second-order valence-electron chi connectivity index (χ2n) is 5.23. The predicted molar refractivity (Wildman–Crippen MR) is 86.2 cm³/mol. The molecule has 0 atom stereocenters. The Hall–Kier alpha value is -1.87. The van der Waals surface area contributed by atoms with Crippen LogP contribution >= 0.6 is 11.6 Å². The number of ether oxygens (including phenoxy) is 1. The van der Waals surface area contributed by atoms with Gasteiger partial charge in [0, 0.05) is 17.2 Å². The number of benzene rings is 2. The molecule has 0 bridgehead atoms. The fourth-order valence-corrected chi connectivity index (χ4v) is 2.61. The van der Waals surface area contributed by atoms with Crippen LogP contribution in [0.15, 0.2) is 30.3 Å². The number of hydrogen-bond acceptors (Lipinski definition) is 2. The summed E-state index contributed by atoms with van der Waals surface area (Å²) < 4.78 is 19.4. The molecule has 2 rings (SSSR count). The number of rotatable bonds is 5. The van der Waals surface area contributed by atoms with E-state index < -0.39 is 5.24 Å². The van der Waals surface area contributed by atoms with Gasteiger partial charge in [-0.05, 0) is 60.7 Å². The highest BCUT2D eigenvalue weighted by Gasteiger charge is 2.14. The van der Waals surface area contributed by atoms with Crippen LogP contribution in [0.25, 0.3) is 0 Å². The minimum Gasteiger partial charge on any atom is -0.488 e. The highest BCUT2D eigenvalue weighted by atomic mass is 35.5. The fraction of sp³-hybridized carbons (Fsp3) is 0.278. The third kappa shape index (κ3) is 3.47. The largest absolute Gasteiger partial charge is 0.488 e. The van der Waals surface area contributed by atoms with Gasteiger partial charge in [-0.25, -0.2) is 4.39 Å². The molecule has 0 aliphatic heterocycles. The SMILES string of the molecule is CCc1cccc(C(=O)Cl)c1COc1cc(F)c(C)cc1C. The van der Waals surface area contributed by atoms with Crippen LogP contribution < -0.4 is 4.74 Å². The molecule has 0 spiro atoms. The molecular weight excluding hydrogens is 303 g/mol. The molecule has 0 aliphatic rings. The number of halogens is 2. The van der Waals surface area contributed by atoms with Crippen molar-refractivity contribution < 1.29 is 13.9 Å². The summed E-state index contributed by atoms with van der Waals surface area (Å²) in [7, 11) is 0. The van der Waals surface area contributed by atoms with Crippen LogP contribution in [0, 0.1) is 19.7 Å². The molecule has 22 heavy (non-hydrogen) atoms. The minimum atomic E-state index is -0.513. The number of carbonyl (C=O) groups is 1. The van der Waals surface area contributed by atoms with Crippen LogP contribution in [0.4, 0.5) is 4.39 Å². The first-order valence-corrected chi connectivity index (χ1v) is 7.52. The lowest BCUT2D eigenvalue weighted by Crippen LogP contribution is -2.07. The summed E-state index contributed by atoms with van der Waals surface area (Å²) >= 11 is 5.64. The van der Waals surface area contributed by atoms with E-state index in [0.717, 1.165) is 23.1 Å². The van der Waals surface area contributed by atoms with Gasteiger partial charge in [0.1, 0.15) is 18.2 Å². The summed E-state index contributed by atoms with van der Waals surface area (Å²) in [5.41, 5.74) is 3.62. The topological polar surface area (TPSA) is 26.3 Å². The lowest BCUT2D eigenvalue weighted by Gasteiger charge is -2.15. The van der Waals surface area contributed by atoms with E-state index in [2.05, 4.69) is 0 Å². The van der Waals surface area contributed by atoms with Crippen molar-refractivity contribution in [1.29, 1.82) is 0 Å². The van der Waals surface area contributed by atoms with Crippen LogP contribution in [0.5, 0.6) is 5.75 Å². The van der Waals surface area contributed by atoms with Gasteiger partial charge in [0.15, 0.2) is 0 Å². The summed E-state index contributed by atoms with van der Waals surface area (Å²) in [4.78, 5) is 11.6. The quantitative estimate of drug-likeness (QED) is 0.728. The number of aryl methyl sites for hydroxylation is 3. The summed E-state index contributed by atoms with van der Waals surface area (Å²) in [5, 5.41) is -0.513. The van der Waals surface area contributed by atoms with Crippen LogP contribution in [0.2, 0.25) is 0 Å². The highest BCUT2D eigenvalue weighted by molar-refractivity contribution is 6.67. The van der Waals surface area contributed by atoms with Crippen LogP contribution in [0.1, 0.15) is 39.5 Å². The molecule has 2 aromatic rings. The third-order valence-corrected chi connectivity index (χ3v) is 3.90. The molecule has 0 amide bonds. The zero-order valence-corrected chi connectivity index (χ0v) is 13.6. The standard InChI is InChI=1S/C18H18ClFO2/c1-4-13-6-5-7-14(18(19)21)15(13)10-22-17-9-16(20)11(2)8-12(17)3/h5-9H,4,10H2,1-3H3. The van der Waals surface area contributed by atoms with Gasteiger partial charge in [0.05, 0.1) is 0 Å². The highest BCUT2D eigenvalue weighted by Crippen LogP contribution is 2.25. The fourth-order valence-electron chi connectivity index (χ4n) is 2.43. The molecule has 2 nitrogen and oxygen atoms in total. The van der Waals surface area contributed by atoms with E-state index >= 15 is 0 Å². The lowest BCUT2D eigenvalue weighted by atomic mass is 10.0. The van der Waals surface area contributed by atoms with Gasteiger partial charge in [0.25, 0.3) is 5.24 Å². The van der Waals surface area contributed by atoms with Crippen molar-refractivity contribution in [2.45, 2.75) is 33.8 Å². The molecule has 0 radical (unpaired) electrons. The van der Waals surface area contributed by atoms with Gasteiger partial charge in [-0.15, -0.1) is 0 Å². The summed E-state index contributed by atoms with van der Waals surface area (Å²) in [6.45, 7) is 5.75. The molecule has 0 aliphatic carbocycles. The first-order valence-electron chi connectivity index (χ1n) is 7.14. The lowest BCUT2D eigenvalue weighted by molar-refractivity contribution is 0.107. The Morgan fingerprint density at radius 3 is 2.59 bits per heavy atom. The van der Waals surface area contributed by atoms with E-state index in [1.165, 1.54) is 6.07 Å². The van der Waals surface area contributed by atoms with Gasteiger partial charge < -0.3 is 4.74 Å². The first-order chi connectivity index (χ1) is 10.4. The molecular formula is C18H18ClFO2. The molecule has 0 unspecified atom stereocenters. The van der Waals surface area contributed by atoms with Gasteiger partial charge in [-0.2, -0.15) is 0 Å². The van der Waals surface area contributed by atoms with Crippen molar-refractivity contribution in [1.82, 2.24) is 0 Å². The maximum atomic E-state index is 13.7. The summed E-state index contributed by atoms with van der Waals surface area (Å²) in [6.07, 6.45) is 0.762. The summed E-state index contributed by atoms with van der Waals surface area (Å²) in [5.74, 6) is 0.167. The van der Waals surface area contributed by atoms with Gasteiger partial charge >= 0.3 is 0 Å². The van der Waals surface area contributed by atoms with Crippen molar-refractivity contribution in [3.63, 3.8) is 0 Å². The van der Waals surface area contributed by atoms with E-state index in [9.17, 15) is 9.18 Å². The van der Waals surface area contributed by atoms with E-state index in [1.54, 1.807) is 25.1 Å². The zero-order valence-electron chi connectivity index (χ0n) is 12.9. The van der Waals surface area contributed by atoms with Crippen molar-refractivity contribution in [3.05, 3.63) is 64.0 Å². The van der Waals surface area contributed by atoms with Crippen molar-refractivity contribution in [2.24, 2.45) is 0 Å². The molecule has 0 saturated carbocycles. The average molecular weight is 321 g/mol. The molecule has 0 fully saturated rings. The average Bonchev–Trinajstić information content (AvgIpc) is 2.49. The Morgan fingerprint density at radius 1 is 1.23 bits per heavy atom. The normalized spacial score (nSPS) is 10.6. The van der Waals surface area contributed by atoms with Crippen LogP contribution in [-0.4, -0.2) is 5.24 Å². The molecule has 0 aromatic heterocycles. The molecule has 4 heteroatoms. The first kappa shape index (κ1) is 16.5. The molecule has 0 heterocycles. The van der Waals surface area contributed by atoms with E-state index in [4.69, 9.17) is 16.3 Å². The van der Waals surface area contributed by atoms with Gasteiger partial charge in [-0.3, -0.25) is 4.79 Å². The monoisotopic (exact) mass is 320 g/mol. The number of hydrogen-bond donors (Lipinski definition) is 0. The van der Waals surface area contributed by atoms with Crippen molar-refractivity contribution in [2.75, 3.05) is 0 Å². The maximum absolute atomic E-state index is 13.7. The second-order valence-corrected chi connectivity index (χ2v) is 5.57. The molecule has 0 saturated heterocycles. The smallest absolute Gasteiger partial charge is 0.252 e. The minimum absolute atomic E-state index is 0.182. The zero-order chi connectivity index (χ0) is 16.3. The second kappa shape index (κ2) is 6.93. The van der Waals surface area contributed by atoms with Gasteiger partial charge in [-0.1, -0.05) is 19.1 Å². The maximum Gasteiger partial charge on any atom is 0.252 e. The Morgan fingerprint density at radius 2 is 1.95 bits per heavy atom. The summed E-state index contributed by atoms with van der Waals surface area (Å²) in [6, 6.07) is 8.53. The molecule has 2 aromatic carbocycles.